The smallest absolute Gasteiger partial charge is 0.240 e. The van der Waals surface area contributed by atoms with Crippen LogP contribution in [-0.4, -0.2) is 41.9 Å². The quantitative estimate of drug-likeness (QED) is 0.376. The van der Waals surface area contributed by atoms with Gasteiger partial charge in [-0.3, -0.25) is 0 Å². The van der Waals surface area contributed by atoms with E-state index in [-0.39, 0.29) is 11.4 Å². The lowest BCUT2D eigenvalue weighted by Gasteiger charge is -2.07. The molecule has 0 saturated heterocycles. The normalized spacial score (nSPS) is 11.7. The van der Waals surface area contributed by atoms with E-state index in [4.69, 9.17) is 4.74 Å². The molecule has 2 aromatic heterocycles. The van der Waals surface area contributed by atoms with E-state index in [9.17, 15) is 8.42 Å². The van der Waals surface area contributed by atoms with Gasteiger partial charge in [-0.15, -0.1) is 10.2 Å². The van der Waals surface area contributed by atoms with Crippen LogP contribution in [0.3, 0.4) is 0 Å². The van der Waals surface area contributed by atoms with E-state index in [1.807, 2.05) is 12.1 Å². The van der Waals surface area contributed by atoms with Gasteiger partial charge >= 0.3 is 0 Å². The van der Waals surface area contributed by atoms with Crippen LogP contribution in [0.2, 0.25) is 0 Å². The highest BCUT2D eigenvalue weighted by Gasteiger charge is 2.15. The Morgan fingerprint density at radius 1 is 1.00 bits per heavy atom. The summed E-state index contributed by atoms with van der Waals surface area (Å²) in [6.45, 7) is 2.24. The van der Waals surface area contributed by atoms with E-state index < -0.39 is 10.0 Å². The molecule has 0 bridgehead atoms. The summed E-state index contributed by atoms with van der Waals surface area (Å²) < 4.78 is 34.3. The monoisotopic (exact) mass is 469 g/mol. The first kappa shape index (κ1) is 22.3. The molecule has 0 aliphatic heterocycles. The fraction of sp³-hybridized carbons (Fsp3) is 0.227. The zero-order valence-electron chi connectivity index (χ0n) is 17.7. The number of aromatic nitrogens is 4. The van der Waals surface area contributed by atoms with Crippen molar-refractivity contribution in [1.82, 2.24) is 24.5 Å². The molecule has 4 rings (SSSR count). The lowest BCUT2D eigenvalue weighted by atomic mass is 10.2. The summed E-state index contributed by atoms with van der Waals surface area (Å²) in [6, 6.07) is 18.4. The molecule has 1 N–H and O–H groups in total. The highest BCUT2D eigenvalue weighted by atomic mass is 32.2. The highest BCUT2D eigenvalue weighted by Crippen LogP contribution is 2.21. The molecule has 0 fully saturated rings. The number of aryl methyl sites for hydroxylation is 1. The topological polar surface area (TPSA) is 98.5 Å². The average molecular weight is 470 g/mol. The Labute approximate surface area is 191 Å². The molecule has 0 amide bonds. The summed E-state index contributed by atoms with van der Waals surface area (Å²) in [7, 11) is -2.10. The molecule has 2 aromatic carbocycles. The van der Waals surface area contributed by atoms with Crippen molar-refractivity contribution in [3.8, 4) is 5.75 Å². The predicted octanol–water partition coefficient (Wildman–Crippen LogP) is 3.25. The summed E-state index contributed by atoms with van der Waals surface area (Å²) in [5.74, 6) is 1.99. The first-order chi connectivity index (χ1) is 15.4. The molecule has 0 aliphatic rings. The minimum absolute atomic E-state index is 0.178. The van der Waals surface area contributed by atoms with Crippen LogP contribution in [0.15, 0.2) is 70.6 Å². The Kier molecular flexibility index (Phi) is 6.73. The largest absolute Gasteiger partial charge is 0.497 e. The van der Waals surface area contributed by atoms with Crippen LogP contribution in [0.1, 0.15) is 17.0 Å². The third-order valence-electron chi connectivity index (χ3n) is 4.82. The van der Waals surface area contributed by atoms with Gasteiger partial charge in [0.1, 0.15) is 10.8 Å². The minimum atomic E-state index is -3.63. The summed E-state index contributed by atoms with van der Waals surface area (Å²) in [5, 5.41) is 13.8. The molecule has 8 nitrogen and oxygen atoms in total. The van der Waals surface area contributed by atoms with Gasteiger partial charge in [0.25, 0.3) is 0 Å². The second kappa shape index (κ2) is 9.68. The molecule has 0 radical (unpaired) electrons. The van der Waals surface area contributed by atoms with Crippen molar-refractivity contribution in [2.45, 2.75) is 29.0 Å². The van der Waals surface area contributed by atoms with Crippen LogP contribution in [0.5, 0.6) is 5.75 Å². The van der Waals surface area contributed by atoms with Gasteiger partial charge in [0, 0.05) is 18.7 Å². The van der Waals surface area contributed by atoms with Gasteiger partial charge in [0.15, 0.2) is 11.5 Å². The average Bonchev–Trinajstić information content (AvgIpc) is 3.21. The maximum atomic E-state index is 12.5. The number of nitrogens with zero attached hydrogens (tertiary/aromatic N) is 4. The van der Waals surface area contributed by atoms with Gasteiger partial charge in [-0.1, -0.05) is 41.6 Å². The summed E-state index contributed by atoms with van der Waals surface area (Å²) >= 11 is 1.63. The van der Waals surface area contributed by atoms with Crippen molar-refractivity contribution < 1.29 is 13.2 Å². The molecule has 0 atom stereocenters. The van der Waals surface area contributed by atoms with Crippen LogP contribution in [-0.2, 0) is 22.2 Å². The number of thioether (sulfide) groups is 1. The van der Waals surface area contributed by atoms with Crippen LogP contribution < -0.4 is 9.46 Å². The van der Waals surface area contributed by atoms with Gasteiger partial charge in [-0.2, -0.15) is 9.61 Å². The standard InChI is InChI=1S/C22H23N5O3S2/c1-16-3-5-17(6-4-16)15-31-22-12-11-20-24-25-21(27(20)26-22)13-14-23-32(28,29)19-9-7-18(30-2)8-10-19/h3-12,23H,13-15H2,1-2H3. The summed E-state index contributed by atoms with van der Waals surface area (Å²) in [4.78, 5) is 0.178. The van der Waals surface area contributed by atoms with Gasteiger partial charge in [-0.05, 0) is 48.9 Å². The van der Waals surface area contributed by atoms with E-state index in [1.54, 1.807) is 28.4 Å². The number of sulfonamides is 1. The molecule has 0 saturated carbocycles. The van der Waals surface area contributed by atoms with Gasteiger partial charge in [0.05, 0.1) is 12.0 Å². The molecule has 0 unspecified atom stereocenters. The molecule has 0 aliphatic carbocycles. The Bertz CT molecular complexity index is 1300. The van der Waals surface area contributed by atoms with E-state index in [0.717, 1.165) is 10.8 Å². The zero-order valence-corrected chi connectivity index (χ0v) is 19.4. The number of nitrogens with one attached hydrogen (secondary N) is 1. The number of methoxy groups -OCH3 is 1. The van der Waals surface area contributed by atoms with Crippen LogP contribution in [0.25, 0.3) is 5.65 Å². The molecule has 32 heavy (non-hydrogen) atoms. The number of ether oxygens (including phenoxy) is 1. The molecule has 0 spiro atoms. The maximum Gasteiger partial charge on any atom is 0.240 e. The lowest BCUT2D eigenvalue weighted by molar-refractivity contribution is 0.414. The molecule has 166 valence electrons. The fourth-order valence-corrected chi connectivity index (χ4v) is 4.87. The van der Waals surface area contributed by atoms with Gasteiger partial charge in [0.2, 0.25) is 10.0 Å². The van der Waals surface area contributed by atoms with Gasteiger partial charge < -0.3 is 4.74 Å². The Morgan fingerprint density at radius 3 is 2.47 bits per heavy atom. The number of hydrogen-bond acceptors (Lipinski definition) is 7. The number of hydrogen-bond donors (Lipinski definition) is 1. The van der Waals surface area contributed by atoms with Crippen molar-refractivity contribution in [3.63, 3.8) is 0 Å². The minimum Gasteiger partial charge on any atom is -0.497 e. The van der Waals surface area contributed by atoms with Crippen LogP contribution in [0, 0.1) is 6.92 Å². The van der Waals surface area contributed by atoms with E-state index in [1.165, 1.54) is 30.4 Å². The number of benzene rings is 2. The SMILES string of the molecule is COc1ccc(S(=O)(=O)NCCc2nnc3ccc(SCc4ccc(C)cc4)nn23)cc1. The fourth-order valence-electron chi connectivity index (χ4n) is 3.03. The van der Waals surface area contributed by atoms with Gasteiger partial charge in [-0.25, -0.2) is 13.1 Å². The molecule has 4 aromatic rings. The third kappa shape index (κ3) is 5.26. The predicted molar refractivity (Wildman–Crippen MR) is 123 cm³/mol. The molecular formula is C22H23N5O3S2. The van der Waals surface area contributed by atoms with E-state index >= 15 is 0 Å². The second-order valence-corrected chi connectivity index (χ2v) is 9.92. The van der Waals surface area contributed by atoms with Crippen LogP contribution in [0.4, 0.5) is 0 Å². The van der Waals surface area contributed by atoms with E-state index in [0.29, 0.717) is 23.6 Å². The summed E-state index contributed by atoms with van der Waals surface area (Å²) in [5.41, 5.74) is 3.08. The third-order valence-corrected chi connectivity index (χ3v) is 7.29. The number of rotatable bonds is 9. The van der Waals surface area contributed by atoms with Crippen LogP contribution >= 0.6 is 11.8 Å². The second-order valence-electron chi connectivity index (χ2n) is 7.16. The Morgan fingerprint density at radius 2 is 1.75 bits per heavy atom. The number of fused-ring (bicyclic) bond motifs is 1. The van der Waals surface area contributed by atoms with Crippen molar-refractivity contribution in [1.29, 1.82) is 0 Å². The first-order valence-corrected chi connectivity index (χ1v) is 12.4. The Balaban J connectivity index is 1.40. The van der Waals surface area contributed by atoms with Crippen molar-refractivity contribution in [3.05, 3.63) is 77.6 Å². The summed E-state index contributed by atoms with van der Waals surface area (Å²) in [6.07, 6.45) is 0.357. The van der Waals surface area contributed by atoms with Crippen molar-refractivity contribution >= 4 is 27.4 Å². The highest BCUT2D eigenvalue weighted by molar-refractivity contribution is 7.98. The first-order valence-electron chi connectivity index (χ1n) is 9.98. The molecule has 2 heterocycles. The maximum absolute atomic E-state index is 12.5. The van der Waals surface area contributed by atoms with E-state index in [2.05, 4.69) is 51.2 Å². The molecule has 10 heteroatoms. The zero-order chi connectivity index (χ0) is 22.6. The molecular weight excluding hydrogens is 446 g/mol. The van der Waals surface area contributed by atoms with Crippen molar-refractivity contribution in [2.24, 2.45) is 0 Å². The lowest BCUT2D eigenvalue weighted by Crippen LogP contribution is -2.26. The van der Waals surface area contributed by atoms with Crippen molar-refractivity contribution in [2.75, 3.05) is 13.7 Å². The Hall–Kier alpha value is -2.95.